The zero-order valence-corrected chi connectivity index (χ0v) is 7.06. The minimum absolute atomic E-state index is 0.0371. The molecule has 0 radical (unpaired) electrons. The first kappa shape index (κ1) is 10.2. The van der Waals surface area contributed by atoms with Crippen molar-refractivity contribution in [3.05, 3.63) is 0 Å². The first-order chi connectivity index (χ1) is 5.16. The van der Waals surface area contributed by atoms with Crippen molar-refractivity contribution in [2.24, 2.45) is 11.5 Å². The zero-order chi connectivity index (χ0) is 8.69. The van der Waals surface area contributed by atoms with E-state index in [-0.39, 0.29) is 5.96 Å². The van der Waals surface area contributed by atoms with Crippen LogP contribution in [0.3, 0.4) is 0 Å². The highest BCUT2D eigenvalue weighted by molar-refractivity contribution is 5.74. The SMILES string of the molecule is CCC(N)CCCNC(=N)N. The van der Waals surface area contributed by atoms with Crippen molar-refractivity contribution in [2.75, 3.05) is 6.54 Å². The summed E-state index contributed by atoms with van der Waals surface area (Å²) < 4.78 is 0. The van der Waals surface area contributed by atoms with Crippen LogP contribution < -0.4 is 16.8 Å². The molecule has 6 N–H and O–H groups in total. The molecule has 0 saturated carbocycles. The van der Waals surface area contributed by atoms with Gasteiger partial charge in [-0.3, -0.25) is 5.41 Å². The summed E-state index contributed by atoms with van der Waals surface area (Å²) in [5.74, 6) is 0.0371. The molecule has 4 heteroatoms. The lowest BCUT2D eigenvalue weighted by atomic mass is 10.1. The Hall–Kier alpha value is -0.770. The number of nitrogens with one attached hydrogen (secondary N) is 2. The lowest BCUT2D eigenvalue weighted by Gasteiger charge is -2.08. The summed E-state index contributed by atoms with van der Waals surface area (Å²) in [7, 11) is 0. The predicted octanol–water partition coefficient (Wildman–Crippen LogP) is -0.0130. The number of hydrogen-bond acceptors (Lipinski definition) is 2. The molecule has 0 aliphatic rings. The topological polar surface area (TPSA) is 87.9 Å². The maximum absolute atomic E-state index is 6.86. The van der Waals surface area contributed by atoms with Gasteiger partial charge < -0.3 is 16.8 Å². The normalized spacial score (nSPS) is 12.5. The van der Waals surface area contributed by atoms with Crippen molar-refractivity contribution in [2.45, 2.75) is 32.2 Å². The Kier molecular flexibility index (Phi) is 5.56. The van der Waals surface area contributed by atoms with Gasteiger partial charge in [-0.1, -0.05) is 6.92 Å². The average Bonchev–Trinajstić information content (AvgIpc) is 1.97. The van der Waals surface area contributed by atoms with Gasteiger partial charge >= 0.3 is 0 Å². The van der Waals surface area contributed by atoms with E-state index in [1.54, 1.807) is 0 Å². The second kappa shape index (κ2) is 5.97. The van der Waals surface area contributed by atoms with Gasteiger partial charge in [-0.25, -0.2) is 0 Å². The summed E-state index contributed by atoms with van der Waals surface area (Å²) in [6, 6.07) is 0.295. The van der Waals surface area contributed by atoms with Crippen LogP contribution in [0.1, 0.15) is 26.2 Å². The standard InChI is InChI=1S/C7H18N4/c1-2-6(8)4-3-5-11-7(9)10/h6H,2-5,8H2,1H3,(H4,9,10,11). The van der Waals surface area contributed by atoms with Crippen molar-refractivity contribution in [3.8, 4) is 0 Å². The minimum atomic E-state index is 0.0371. The molecule has 66 valence electrons. The van der Waals surface area contributed by atoms with E-state index in [1.165, 1.54) is 0 Å². The van der Waals surface area contributed by atoms with Gasteiger partial charge in [0.2, 0.25) is 0 Å². The largest absolute Gasteiger partial charge is 0.370 e. The van der Waals surface area contributed by atoms with Crippen LogP contribution in [-0.2, 0) is 0 Å². The molecule has 0 bridgehead atoms. The molecule has 0 spiro atoms. The summed E-state index contributed by atoms with van der Waals surface area (Å²) in [5, 5.41) is 9.59. The van der Waals surface area contributed by atoms with E-state index in [0.29, 0.717) is 6.04 Å². The van der Waals surface area contributed by atoms with Gasteiger partial charge in [-0.2, -0.15) is 0 Å². The highest BCUT2D eigenvalue weighted by Crippen LogP contribution is 1.96. The highest BCUT2D eigenvalue weighted by atomic mass is 15.0. The molecule has 0 aliphatic carbocycles. The quantitative estimate of drug-likeness (QED) is 0.258. The van der Waals surface area contributed by atoms with Crippen LogP contribution in [0, 0.1) is 5.41 Å². The minimum Gasteiger partial charge on any atom is -0.370 e. The van der Waals surface area contributed by atoms with Crippen LogP contribution in [0.4, 0.5) is 0 Å². The molecule has 1 unspecified atom stereocenters. The molecule has 11 heavy (non-hydrogen) atoms. The van der Waals surface area contributed by atoms with E-state index < -0.39 is 0 Å². The highest BCUT2D eigenvalue weighted by Gasteiger charge is 1.97. The van der Waals surface area contributed by atoms with E-state index in [2.05, 4.69) is 12.2 Å². The smallest absolute Gasteiger partial charge is 0.185 e. The fourth-order valence-corrected chi connectivity index (χ4v) is 0.791. The Labute approximate surface area is 67.8 Å². The molecule has 0 fully saturated rings. The third-order valence-corrected chi connectivity index (χ3v) is 1.59. The van der Waals surface area contributed by atoms with Gasteiger partial charge in [0.05, 0.1) is 0 Å². The molecule has 0 amide bonds. The van der Waals surface area contributed by atoms with Gasteiger partial charge in [-0.05, 0) is 19.3 Å². The molecule has 0 heterocycles. The second-order valence-electron chi connectivity index (χ2n) is 2.65. The number of rotatable bonds is 5. The van der Waals surface area contributed by atoms with Crippen molar-refractivity contribution < 1.29 is 0 Å². The summed E-state index contributed by atoms with van der Waals surface area (Å²) in [5.41, 5.74) is 10.8. The molecule has 4 nitrogen and oxygen atoms in total. The van der Waals surface area contributed by atoms with Gasteiger partial charge in [0.1, 0.15) is 0 Å². The molecule has 0 saturated heterocycles. The molecule has 0 aromatic heterocycles. The molecule has 0 aromatic rings. The molecule has 0 aromatic carbocycles. The maximum atomic E-state index is 6.86. The van der Waals surface area contributed by atoms with Gasteiger partial charge in [0, 0.05) is 12.6 Å². The van der Waals surface area contributed by atoms with Crippen molar-refractivity contribution in [1.29, 1.82) is 5.41 Å². The molecular formula is C7H18N4. The third kappa shape index (κ3) is 7.12. The lowest BCUT2D eigenvalue weighted by molar-refractivity contribution is 0.563. The number of hydrogen-bond donors (Lipinski definition) is 4. The van der Waals surface area contributed by atoms with Gasteiger partial charge in [-0.15, -0.1) is 0 Å². The second-order valence-corrected chi connectivity index (χ2v) is 2.65. The number of guanidine groups is 1. The van der Waals surface area contributed by atoms with Gasteiger partial charge in [0.25, 0.3) is 0 Å². The summed E-state index contributed by atoms with van der Waals surface area (Å²) in [4.78, 5) is 0. The van der Waals surface area contributed by atoms with Crippen LogP contribution in [0.5, 0.6) is 0 Å². The van der Waals surface area contributed by atoms with Crippen LogP contribution in [0.2, 0.25) is 0 Å². The van der Waals surface area contributed by atoms with Crippen molar-refractivity contribution >= 4 is 5.96 Å². The Balaban J connectivity index is 3.08. The Morgan fingerprint density at radius 3 is 2.73 bits per heavy atom. The Morgan fingerprint density at radius 1 is 1.64 bits per heavy atom. The molecular weight excluding hydrogens is 140 g/mol. The lowest BCUT2D eigenvalue weighted by Crippen LogP contribution is -2.31. The van der Waals surface area contributed by atoms with Crippen LogP contribution in [0.15, 0.2) is 0 Å². The van der Waals surface area contributed by atoms with E-state index in [9.17, 15) is 0 Å². The Bertz CT molecular complexity index is 113. The number of nitrogens with two attached hydrogens (primary N) is 2. The average molecular weight is 158 g/mol. The van der Waals surface area contributed by atoms with Crippen molar-refractivity contribution in [3.63, 3.8) is 0 Å². The molecule has 0 aliphatic heterocycles. The summed E-state index contributed by atoms with van der Waals surface area (Å²) in [6.07, 6.45) is 2.99. The van der Waals surface area contributed by atoms with Gasteiger partial charge in [0.15, 0.2) is 5.96 Å². The maximum Gasteiger partial charge on any atom is 0.185 e. The summed E-state index contributed by atoms with van der Waals surface area (Å²) in [6.45, 7) is 2.83. The first-order valence-corrected chi connectivity index (χ1v) is 4.00. The van der Waals surface area contributed by atoms with E-state index in [1.807, 2.05) is 0 Å². The fraction of sp³-hybridized carbons (Fsp3) is 0.857. The first-order valence-electron chi connectivity index (χ1n) is 4.00. The van der Waals surface area contributed by atoms with E-state index in [4.69, 9.17) is 16.9 Å². The molecule has 1 atom stereocenters. The third-order valence-electron chi connectivity index (χ3n) is 1.59. The summed E-state index contributed by atoms with van der Waals surface area (Å²) >= 11 is 0. The van der Waals surface area contributed by atoms with Crippen LogP contribution >= 0.6 is 0 Å². The van der Waals surface area contributed by atoms with E-state index >= 15 is 0 Å². The van der Waals surface area contributed by atoms with Crippen LogP contribution in [-0.4, -0.2) is 18.5 Å². The van der Waals surface area contributed by atoms with E-state index in [0.717, 1.165) is 25.8 Å². The monoisotopic (exact) mass is 158 g/mol. The zero-order valence-electron chi connectivity index (χ0n) is 7.06. The Morgan fingerprint density at radius 2 is 2.27 bits per heavy atom. The molecule has 0 rings (SSSR count). The fourth-order valence-electron chi connectivity index (χ4n) is 0.791. The van der Waals surface area contributed by atoms with Crippen molar-refractivity contribution in [1.82, 2.24) is 5.32 Å². The van der Waals surface area contributed by atoms with Crippen LogP contribution in [0.25, 0.3) is 0 Å². The predicted molar refractivity (Wildman–Crippen MR) is 47.4 cm³/mol.